The maximum Gasteiger partial charge on any atom is 0.243 e. The molecule has 0 saturated carbocycles. The molecule has 7 heteroatoms. The minimum Gasteiger partial charge on any atom is -0.372 e. The lowest BCUT2D eigenvalue weighted by Gasteiger charge is -2.32. The van der Waals surface area contributed by atoms with Gasteiger partial charge in [0.2, 0.25) is 15.9 Å². The van der Waals surface area contributed by atoms with Crippen LogP contribution >= 0.6 is 0 Å². The Morgan fingerprint density at radius 3 is 2.26 bits per heavy atom. The Kier molecular flexibility index (Phi) is 7.63. The van der Waals surface area contributed by atoms with E-state index >= 15 is 0 Å². The van der Waals surface area contributed by atoms with Crippen LogP contribution in [0.25, 0.3) is 0 Å². The first-order chi connectivity index (χ1) is 16.2. The van der Waals surface area contributed by atoms with E-state index < -0.39 is 10.0 Å². The number of sulfonamides is 1. The van der Waals surface area contributed by atoms with Crippen molar-refractivity contribution in [1.82, 2.24) is 9.62 Å². The molecule has 0 radical (unpaired) electrons. The summed E-state index contributed by atoms with van der Waals surface area (Å²) in [6.07, 6.45) is 3.84. The molecule has 4 rings (SSSR count). The standard InChI is InChI=1S/C27H37N3O3S/c1-20-6-12-26(13-7-20)34(32,33)30-16-4-5-24(19-30)27(31)28-22(3)23-8-10-25(11-9-23)29-17-14-21(2)15-18-29/h6-13,21-22,24H,4-5,14-19H2,1-3H3,(H,28,31)/t22-,24-/m1/s1. The molecule has 0 spiro atoms. The molecule has 184 valence electrons. The molecule has 1 N–H and O–H groups in total. The van der Waals surface area contributed by atoms with Crippen molar-refractivity contribution in [2.45, 2.75) is 57.4 Å². The van der Waals surface area contributed by atoms with Crippen LogP contribution < -0.4 is 10.2 Å². The van der Waals surface area contributed by atoms with Crippen LogP contribution in [0.5, 0.6) is 0 Å². The number of benzene rings is 2. The maximum absolute atomic E-state index is 13.1. The van der Waals surface area contributed by atoms with Crippen LogP contribution in [0.1, 0.15) is 56.7 Å². The molecule has 0 unspecified atom stereocenters. The van der Waals surface area contributed by atoms with Gasteiger partial charge in [0.25, 0.3) is 0 Å². The van der Waals surface area contributed by atoms with Gasteiger partial charge >= 0.3 is 0 Å². The molecule has 0 bridgehead atoms. The Morgan fingerprint density at radius 2 is 1.62 bits per heavy atom. The summed E-state index contributed by atoms with van der Waals surface area (Å²) < 4.78 is 27.6. The zero-order valence-corrected chi connectivity index (χ0v) is 21.4. The summed E-state index contributed by atoms with van der Waals surface area (Å²) in [5.41, 5.74) is 3.31. The highest BCUT2D eigenvalue weighted by Gasteiger charge is 2.33. The van der Waals surface area contributed by atoms with E-state index in [2.05, 4.69) is 41.4 Å². The van der Waals surface area contributed by atoms with E-state index in [-0.39, 0.29) is 29.3 Å². The molecule has 0 aliphatic carbocycles. The van der Waals surface area contributed by atoms with E-state index in [0.29, 0.717) is 19.4 Å². The summed E-state index contributed by atoms with van der Waals surface area (Å²) >= 11 is 0. The number of carbonyl (C=O) groups excluding carboxylic acids is 1. The van der Waals surface area contributed by atoms with Gasteiger partial charge < -0.3 is 10.2 Å². The lowest BCUT2D eigenvalue weighted by Crippen LogP contribution is -2.45. The van der Waals surface area contributed by atoms with E-state index in [9.17, 15) is 13.2 Å². The molecule has 1 amide bonds. The van der Waals surface area contributed by atoms with Gasteiger partial charge in [-0.1, -0.05) is 36.8 Å². The second-order valence-electron chi connectivity index (χ2n) is 10.0. The number of rotatable bonds is 6. The molecule has 2 saturated heterocycles. The van der Waals surface area contributed by atoms with Crippen molar-refractivity contribution >= 4 is 21.6 Å². The predicted octanol–water partition coefficient (Wildman–Crippen LogP) is 4.51. The number of nitrogens with one attached hydrogen (secondary N) is 1. The number of nitrogens with zero attached hydrogens (tertiary/aromatic N) is 2. The minimum absolute atomic E-state index is 0.0783. The molecule has 2 aromatic rings. The van der Waals surface area contributed by atoms with Gasteiger partial charge in [-0.3, -0.25) is 4.79 Å². The Hall–Kier alpha value is -2.38. The van der Waals surface area contributed by atoms with Crippen LogP contribution in [-0.4, -0.2) is 44.8 Å². The van der Waals surface area contributed by atoms with Crippen LogP contribution in [0.4, 0.5) is 5.69 Å². The molecule has 6 nitrogen and oxygen atoms in total. The fraction of sp³-hybridized carbons (Fsp3) is 0.519. The summed E-state index contributed by atoms with van der Waals surface area (Å²) in [6, 6.07) is 15.2. The Bertz CT molecular complexity index is 1080. The molecule has 2 aromatic carbocycles. The average Bonchev–Trinajstić information content (AvgIpc) is 2.85. The van der Waals surface area contributed by atoms with Crippen LogP contribution in [0.3, 0.4) is 0 Å². The van der Waals surface area contributed by atoms with Gasteiger partial charge in [-0.05, 0) is 75.3 Å². The van der Waals surface area contributed by atoms with Gasteiger partial charge in [-0.25, -0.2) is 8.42 Å². The maximum atomic E-state index is 13.1. The third kappa shape index (κ3) is 5.63. The lowest BCUT2D eigenvalue weighted by atomic mass is 9.97. The second kappa shape index (κ2) is 10.5. The van der Waals surface area contributed by atoms with Crippen LogP contribution in [-0.2, 0) is 14.8 Å². The number of carbonyl (C=O) groups is 1. The molecular weight excluding hydrogens is 446 g/mol. The lowest BCUT2D eigenvalue weighted by molar-refractivity contribution is -0.126. The summed E-state index contributed by atoms with van der Waals surface area (Å²) in [6.45, 7) is 9.09. The Balaban J connectivity index is 1.36. The van der Waals surface area contributed by atoms with Gasteiger partial charge in [-0.2, -0.15) is 4.31 Å². The average molecular weight is 484 g/mol. The zero-order chi connectivity index (χ0) is 24.3. The van der Waals surface area contributed by atoms with Crippen LogP contribution in [0, 0.1) is 18.8 Å². The van der Waals surface area contributed by atoms with Gasteiger partial charge in [0.15, 0.2) is 0 Å². The number of aryl methyl sites for hydroxylation is 1. The van der Waals surface area contributed by atoms with Gasteiger partial charge in [-0.15, -0.1) is 0 Å². The van der Waals surface area contributed by atoms with E-state index in [1.54, 1.807) is 24.3 Å². The van der Waals surface area contributed by atoms with E-state index in [1.807, 2.05) is 13.8 Å². The van der Waals surface area contributed by atoms with Gasteiger partial charge in [0, 0.05) is 31.9 Å². The van der Waals surface area contributed by atoms with Crippen molar-refractivity contribution in [3.05, 3.63) is 59.7 Å². The first kappa shape index (κ1) is 24.7. The third-order valence-electron chi connectivity index (χ3n) is 7.31. The molecule has 2 aliphatic rings. The van der Waals surface area contributed by atoms with Crippen molar-refractivity contribution in [3.8, 4) is 0 Å². The topological polar surface area (TPSA) is 69.7 Å². The highest BCUT2D eigenvalue weighted by Crippen LogP contribution is 2.27. The van der Waals surface area contributed by atoms with E-state index in [0.717, 1.165) is 30.1 Å². The Morgan fingerprint density at radius 1 is 0.971 bits per heavy atom. The number of hydrogen-bond donors (Lipinski definition) is 1. The third-order valence-corrected chi connectivity index (χ3v) is 9.19. The Labute approximate surface area is 204 Å². The molecule has 2 fully saturated rings. The fourth-order valence-corrected chi connectivity index (χ4v) is 6.41. The van der Waals surface area contributed by atoms with Crippen molar-refractivity contribution in [2.75, 3.05) is 31.1 Å². The first-order valence-corrected chi connectivity index (χ1v) is 13.9. The predicted molar refractivity (Wildman–Crippen MR) is 136 cm³/mol. The van der Waals surface area contributed by atoms with Crippen LogP contribution in [0.2, 0.25) is 0 Å². The van der Waals surface area contributed by atoms with Crippen LogP contribution in [0.15, 0.2) is 53.4 Å². The van der Waals surface area contributed by atoms with Crippen molar-refractivity contribution in [3.63, 3.8) is 0 Å². The highest BCUT2D eigenvalue weighted by atomic mass is 32.2. The SMILES string of the molecule is Cc1ccc(S(=O)(=O)N2CCC[C@@H](C(=O)N[C@H](C)c3ccc(N4CCC(C)CC4)cc3)C2)cc1. The van der Waals surface area contributed by atoms with Crippen molar-refractivity contribution < 1.29 is 13.2 Å². The summed E-state index contributed by atoms with van der Waals surface area (Å²) in [5, 5.41) is 3.12. The number of amides is 1. The first-order valence-electron chi connectivity index (χ1n) is 12.5. The molecule has 2 heterocycles. The number of hydrogen-bond acceptors (Lipinski definition) is 4. The smallest absolute Gasteiger partial charge is 0.243 e. The summed E-state index contributed by atoms with van der Waals surface area (Å²) in [4.78, 5) is 15.8. The molecular formula is C27H37N3O3S. The van der Waals surface area contributed by atoms with Gasteiger partial charge in [0.05, 0.1) is 16.9 Å². The molecule has 34 heavy (non-hydrogen) atoms. The zero-order valence-electron chi connectivity index (χ0n) is 20.5. The quantitative estimate of drug-likeness (QED) is 0.656. The number of anilines is 1. The van der Waals surface area contributed by atoms with E-state index in [4.69, 9.17) is 0 Å². The molecule has 2 aliphatic heterocycles. The summed E-state index contributed by atoms with van der Waals surface area (Å²) in [5.74, 6) is 0.379. The van der Waals surface area contributed by atoms with Gasteiger partial charge in [0.1, 0.15) is 0 Å². The fourth-order valence-electron chi connectivity index (χ4n) is 4.89. The van der Waals surface area contributed by atoms with Crippen molar-refractivity contribution in [1.29, 1.82) is 0 Å². The van der Waals surface area contributed by atoms with E-state index in [1.165, 1.54) is 22.8 Å². The second-order valence-corrected chi connectivity index (χ2v) is 11.9. The number of piperidine rings is 2. The van der Waals surface area contributed by atoms with Crippen molar-refractivity contribution in [2.24, 2.45) is 11.8 Å². The highest BCUT2D eigenvalue weighted by molar-refractivity contribution is 7.89. The largest absolute Gasteiger partial charge is 0.372 e. The molecule has 0 aromatic heterocycles. The molecule has 2 atom stereocenters. The summed E-state index contributed by atoms with van der Waals surface area (Å²) in [7, 11) is -3.60. The monoisotopic (exact) mass is 483 g/mol. The normalized spacial score (nSPS) is 21.3. The minimum atomic E-state index is -3.60.